The number of primary amides is 1. The van der Waals surface area contributed by atoms with Crippen LogP contribution in [0.5, 0.6) is 11.5 Å². The third-order valence-corrected chi connectivity index (χ3v) is 3.23. The number of hydrogen-bond donors (Lipinski definition) is 2. The molecule has 2 rings (SSSR count). The average molecular weight is 304 g/mol. The maximum absolute atomic E-state index is 11.4. The van der Waals surface area contributed by atoms with Crippen LogP contribution in [-0.2, 0) is 0 Å². The number of para-hydroxylation sites is 1. The summed E-state index contributed by atoms with van der Waals surface area (Å²) < 4.78 is 11.2. The molecule has 1 amide bonds. The van der Waals surface area contributed by atoms with E-state index < -0.39 is 5.91 Å². The highest BCUT2D eigenvalue weighted by molar-refractivity contribution is 5.97. The Labute approximate surface area is 128 Å². The van der Waals surface area contributed by atoms with Crippen molar-refractivity contribution in [3.8, 4) is 22.8 Å². The predicted octanol–water partition coefficient (Wildman–Crippen LogP) is 2.15. The number of aromatic amines is 1. The van der Waals surface area contributed by atoms with Crippen LogP contribution < -0.4 is 15.2 Å². The largest absolute Gasteiger partial charge is 0.493 e. The van der Waals surface area contributed by atoms with E-state index in [1.807, 2.05) is 0 Å². The van der Waals surface area contributed by atoms with Crippen molar-refractivity contribution in [2.24, 2.45) is 5.73 Å². The van der Waals surface area contributed by atoms with E-state index in [1.165, 1.54) is 0 Å². The molecule has 0 aliphatic carbocycles. The van der Waals surface area contributed by atoms with Crippen LogP contribution in [-0.4, -0.2) is 35.0 Å². The zero-order valence-electron chi connectivity index (χ0n) is 12.8. The van der Waals surface area contributed by atoms with E-state index in [0.29, 0.717) is 29.4 Å². The topological polar surface area (TPSA) is 103 Å². The maximum atomic E-state index is 11.4. The van der Waals surface area contributed by atoms with Crippen molar-refractivity contribution >= 4 is 5.91 Å². The fraction of sp³-hybridized carbons (Fsp3) is 0.400. The van der Waals surface area contributed by atoms with Crippen LogP contribution in [0.15, 0.2) is 18.2 Å². The highest BCUT2D eigenvalue weighted by Crippen LogP contribution is 2.38. The number of carbonyl (C=O) groups is 1. The number of rotatable bonds is 8. The summed E-state index contributed by atoms with van der Waals surface area (Å²) >= 11 is 0. The van der Waals surface area contributed by atoms with Gasteiger partial charge in [-0.2, -0.15) is 15.4 Å². The fourth-order valence-electron chi connectivity index (χ4n) is 2.13. The van der Waals surface area contributed by atoms with Gasteiger partial charge in [-0.1, -0.05) is 25.8 Å². The molecule has 22 heavy (non-hydrogen) atoms. The zero-order chi connectivity index (χ0) is 15.9. The van der Waals surface area contributed by atoms with Gasteiger partial charge in [-0.15, -0.1) is 0 Å². The number of amides is 1. The number of nitrogens with zero attached hydrogens (tertiary/aromatic N) is 2. The second-order valence-corrected chi connectivity index (χ2v) is 4.78. The second kappa shape index (κ2) is 7.44. The van der Waals surface area contributed by atoms with Gasteiger partial charge in [0.05, 0.1) is 19.3 Å². The first-order valence-electron chi connectivity index (χ1n) is 7.19. The predicted molar refractivity (Wildman–Crippen MR) is 81.9 cm³/mol. The molecular formula is C15H20N4O3. The maximum Gasteiger partial charge on any atom is 0.271 e. The molecule has 7 heteroatoms. The second-order valence-electron chi connectivity index (χ2n) is 4.78. The van der Waals surface area contributed by atoms with Crippen molar-refractivity contribution in [1.82, 2.24) is 15.4 Å². The van der Waals surface area contributed by atoms with Crippen molar-refractivity contribution in [3.05, 3.63) is 23.9 Å². The molecule has 0 atom stereocenters. The van der Waals surface area contributed by atoms with Crippen molar-refractivity contribution in [2.45, 2.75) is 26.2 Å². The fourth-order valence-corrected chi connectivity index (χ4v) is 2.13. The first kappa shape index (κ1) is 15.8. The Kier molecular flexibility index (Phi) is 5.35. The summed E-state index contributed by atoms with van der Waals surface area (Å²) in [7, 11) is 1.57. The quantitative estimate of drug-likeness (QED) is 0.727. The van der Waals surface area contributed by atoms with E-state index in [9.17, 15) is 4.79 Å². The molecule has 3 N–H and O–H groups in total. The van der Waals surface area contributed by atoms with Gasteiger partial charge >= 0.3 is 0 Å². The SMILES string of the molecule is CCCCCOc1c(OC)cccc1-c1n[nH]nc1C(N)=O. The van der Waals surface area contributed by atoms with Crippen molar-refractivity contribution in [3.63, 3.8) is 0 Å². The molecule has 2 aromatic rings. The van der Waals surface area contributed by atoms with Gasteiger partial charge in [0.15, 0.2) is 17.2 Å². The van der Waals surface area contributed by atoms with E-state index >= 15 is 0 Å². The van der Waals surface area contributed by atoms with Gasteiger partial charge in [-0.3, -0.25) is 4.79 Å². The molecule has 1 heterocycles. The van der Waals surface area contributed by atoms with Crippen LogP contribution in [0.3, 0.4) is 0 Å². The monoisotopic (exact) mass is 304 g/mol. The van der Waals surface area contributed by atoms with E-state index in [1.54, 1.807) is 25.3 Å². The Bertz CT molecular complexity index is 639. The van der Waals surface area contributed by atoms with Crippen LogP contribution in [0.4, 0.5) is 0 Å². The van der Waals surface area contributed by atoms with Crippen molar-refractivity contribution in [2.75, 3.05) is 13.7 Å². The third kappa shape index (κ3) is 3.36. The molecule has 1 aromatic heterocycles. The van der Waals surface area contributed by atoms with Crippen LogP contribution in [0, 0.1) is 0 Å². The van der Waals surface area contributed by atoms with Crippen LogP contribution >= 0.6 is 0 Å². The molecule has 0 radical (unpaired) electrons. The van der Waals surface area contributed by atoms with Crippen molar-refractivity contribution < 1.29 is 14.3 Å². The van der Waals surface area contributed by atoms with Gasteiger partial charge in [0.2, 0.25) is 0 Å². The molecule has 0 spiro atoms. The number of benzene rings is 1. The molecular weight excluding hydrogens is 284 g/mol. The molecule has 0 saturated heterocycles. The van der Waals surface area contributed by atoms with Gasteiger partial charge < -0.3 is 15.2 Å². The first-order chi connectivity index (χ1) is 10.7. The minimum atomic E-state index is -0.650. The van der Waals surface area contributed by atoms with Gasteiger partial charge in [0.25, 0.3) is 5.91 Å². The Morgan fingerprint density at radius 2 is 2.14 bits per heavy atom. The van der Waals surface area contributed by atoms with E-state index in [-0.39, 0.29) is 5.69 Å². The Balaban J connectivity index is 2.37. The number of H-pyrrole nitrogens is 1. The Hall–Kier alpha value is -2.57. The molecule has 118 valence electrons. The molecule has 0 saturated carbocycles. The zero-order valence-corrected chi connectivity index (χ0v) is 12.8. The molecule has 0 aliphatic heterocycles. The number of nitrogens with two attached hydrogens (primary N) is 1. The lowest BCUT2D eigenvalue weighted by Gasteiger charge is -2.14. The number of carbonyl (C=O) groups excluding carboxylic acids is 1. The molecule has 7 nitrogen and oxygen atoms in total. The lowest BCUT2D eigenvalue weighted by molar-refractivity contribution is 0.0996. The lowest BCUT2D eigenvalue weighted by atomic mass is 10.1. The van der Waals surface area contributed by atoms with Crippen LogP contribution in [0.1, 0.15) is 36.7 Å². The third-order valence-electron chi connectivity index (χ3n) is 3.23. The van der Waals surface area contributed by atoms with Gasteiger partial charge in [0, 0.05) is 0 Å². The molecule has 0 bridgehead atoms. The number of hydrogen-bond acceptors (Lipinski definition) is 5. The van der Waals surface area contributed by atoms with Gasteiger partial charge in [0.1, 0.15) is 5.69 Å². The summed E-state index contributed by atoms with van der Waals surface area (Å²) in [6.45, 7) is 2.69. The number of aromatic nitrogens is 3. The standard InChI is InChI=1S/C15H20N4O3/c1-3-4-5-9-22-14-10(7-6-8-11(14)21-2)12-13(15(16)20)18-19-17-12/h6-8H,3-5,9H2,1-2H3,(H2,16,20)(H,17,18,19). The minimum absolute atomic E-state index is 0.0756. The van der Waals surface area contributed by atoms with Gasteiger partial charge in [-0.25, -0.2) is 0 Å². The minimum Gasteiger partial charge on any atom is -0.493 e. The van der Waals surface area contributed by atoms with Gasteiger partial charge in [-0.05, 0) is 18.6 Å². The number of unbranched alkanes of at least 4 members (excludes halogenated alkanes) is 2. The van der Waals surface area contributed by atoms with E-state index in [4.69, 9.17) is 15.2 Å². The average Bonchev–Trinajstić information content (AvgIpc) is 3.01. The highest BCUT2D eigenvalue weighted by atomic mass is 16.5. The van der Waals surface area contributed by atoms with Crippen LogP contribution in [0.2, 0.25) is 0 Å². The first-order valence-corrected chi connectivity index (χ1v) is 7.19. The molecule has 0 aliphatic rings. The summed E-state index contributed by atoms with van der Waals surface area (Å²) in [5.74, 6) is 0.466. The normalized spacial score (nSPS) is 10.5. The summed E-state index contributed by atoms with van der Waals surface area (Å²) in [5.41, 5.74) is 6.38. The van der Waals surface area contributed by atoms with E-state index in [0.717, 1.165) is 19.3 Å². The smallest absolute Gasteiger partial charge is 0.271 e. The summed E-state index contributed by atoms with van der Waals surface area (Å²) in [4.78, 5) is 11.4. The van der Waals surface area contributed by atoms with Crippen LogP contribution in [0.25, 0.3) is 11.3 Å². The Morgan fingerprint density at radius 3 is 2.82 bits per heavy atom. The molecule has 0 unspecified atom stereocenters. The van der Waals surface area contributed by atoms with Crippen molar-refractivity contribution in [1.29, 1.82) is 0 Å². The van der Waals surface area contributed by atoms with E-state index in [2.05, 4.69) is 22.3 Å². The summed E-state index contributed by atoms with van der Waals surface area (Å²) in [5, 5.41) is 10.2. The summed E-state index contributed by atoms with van der Waals surface area (Å²) in [6.07, 6.45) is 3.13. The highest BCUT2D eigenvalue weighted by Gasteiger charge is 2.21. The number of ether oxygens (including phenoxy) is 2. The molecule has 0 fully saturated rings. The number of nitrogens with one attached hydrogen (secondary N) is 1. The summed E-state index contributed by atoms with van der Waals surface area (Å²) in [6, 6.07) is 5.39. The number of methoxy groups -OCH3 is 1. The Morgan fingerprint density at radius 1 is 1.32 bits per heavy atom. The molecule has 1 aromatic carbocycles. The lowest BCUT2D eigenvalue weighted by Crippen LogP contribution is -2.13.